The molecule has 4 heteroatoms. The molecule has 0 bridgehead atoms. The van der Waals surface area contributed by atoms with Gasteiger partial charge in [0.25, 0.3) is 0 Å². The molecule has 1 N–H and O–H groups in total. The quantitative estimate of drug-likeness (QED) is 0.691. The summed E-state index contributed by atoms with van der Waals surface area (Å²) in [5.74, 6) is 0. The van der Waals surface area contributed by atoms with Crippen molar-refractivity contribution >= 4 is 0 Å². The van der Waals surface area contributed by atoms with Gasteiger partial charge in [-0.2, -0.15) is 0 Å². The Morgan fingerprint density at radius 3 is 2.67 bits per heavy atom. The van der Waals surface area contributed by atoms with Gasteiger partial charge in [-0.3, -0.25) is 4.57 Å². The van der Waals surface area contributed by atoms with Gasteiger partial charge in [-0.1, -0.05) is 6.92 Å². The second-order valence-electron chi connectivity index (χ2n) is 2.91. The second kappa shape index (κ2) is 3.58. The average Bonchev–Trinajstić information content (AvgIpc) is 2.36. The molecular formula is C8H14N2O2. The lowest BCUT2D eigenvalue weighted by Gasteiger charge is -2.06. The lowest BCUT2D eigenvalue weighted by molar-refractivity contribution is 0.148. The maximum absolute atomic E-state index is 11.2. The number of aliphatic hydroxyl groups is 1. The molecule has 0 aliphatic rings. The molecule has 0 aromatic carbocycles. The predicted octanol–water partition coefficient (Wildman–Crippen LogP) is -0.0423. The van der Waals surface area contributed by atoms with Crippen molar-refractivity contribution in [3.8, 4) is 0 Å². The fourth-order valence-electron chi connectivity index (χ4n) is 1.01. The largest absolute Gasteiger partial charge is 0.391 e. The van der Waals surface area contributed by atoms with Gasteiger partial charge < -0.3 is 9.67 Å². The molecule has 4 nitrogen and oxygen atoms in total. The summed E-state index contributed by atoms with van der Waals surface area (Å²) in [6.45, 7) is 2.27. The Morgan fingerprint density at radius 2 is 2.25 bits per heavy atom. The lowest BCUT2D eigenvalue weighted by atomic mass is 10.3. The molecule has 0 radical (unpaired) electrons. The van der Waals surface area contributed by atoms with Crippen molar-refractivity contribution in [2.75, 3.05) is 0 Å². The zero-order chi connectivity index (χ0) is 9.14. The number of rotatable bonds is 3. The maximum atomic E-state index is 11.2. The van der Waals surface area contributed by atoms with Crippen molar-refractivity contribution < 1.29 is 5.11 Å². The molecule has 1 aromatic rings. The first-order chi connectivity index (χ1) is 5.65. The van der Waals surface area contributed by atoms with E-state index in [-0.39, 0.29) is 5.69 Å². The van der Waals surface area contributed by atoms with Crippen LogP contribution in [0.2, 0.25) is 0 Å². The summed E-state index contributed by atoms with van der Waals surface area (Å²) in [5, 5.41) is 9.28. The number of imidazole rings is 1. The van der Waals surface area contributed by atoms with Crippen LogP contribution >= 0.6 is 0 Å². The fraction of sp³-hybridized carbons (Fsp3) is 0.625. The zero-order valence-corrected chi connectivity index (χ0v) is 7.40. The van der Waals surface area contributed by atoms with E-state index in [0.717, 1.165) is 0 Å². The van der Waals surface area contributed by atoms with Crippen LogP contribution in [0.1, 0.15) is 13.3 Å². The van der Waals surface area contributed by atoms with E-state index in [4.69, 9.17) is 0 Å². The van der Waals surface area contributed by atoms with Crippen LogP contribution in [0.4, 0.5) is 0 Å². The van der Waals surface area contributed by atoms with Gasteiger partial charge in [0, 0.05) is 19.4 Å². The van der Waals surface area contributed by atoms with Crippen molar-refractivity contribution in [1.82, 2.24) is 9.13 Å². The van der Waals surface area contributed by atoms with E-state index >= 15 is 0 Å². The van der Waals surface area contributed by atoms with Crippen LogP contribution in [0, 0.1) is 0 Å². The van der Waals surface area contributed by atoms with Gasteiger partial charge in [-0.05, 0) is 6.42 Å². The van der Waals surface area contributed by atoms with Crippen molar-refractivity contribution in [2.45, 2.75) is 26.0 Å². The minimum atomic E-state index is -0.426. The summed E-state index contributed by atoms with van der Waals surface area (Å²) in [6, 6.07) is 0. The van der Waals surface area contributed by atoms with Crippen LogP contribution in [0.3, 0.4) is 0 Å². The zero-order valence-electron chi connectivity index (χ0n) is 7.40. The first-order valence-electron chi connectivity index (χ1n) is 4.05. The third-order valence-corrected chi connectivity index (χ3v) is 1.90. The van der Waals surface area contributed by atoms with Crippen LogP contribution in [0.25, 0.3) is 0 Å². The maximum Gasteiger partial charge on any atom is 0.327 e. The highest BCUT2D eigenvalue weighted by atomic mass is 16.3. The highest BCUT2D eigenvalue weighted by Gasteiger charge is 2.04. The molecular weight excluding hydrogens is 156 g/mol. The lowest BCUT2D eigenvalue weighted by Crippen LogP contribution is -2.26. The molecule has 0 aliphatic carbocycles. The van der Waals surface area contributed by atoms with Crippen LogP contribution < -0.4 is 5.69 Å². The molecule has 0 spiro atoms. The normalized spacial score (nSPS) is 13.2. The van der Waals surface area contributed by atoms with Crippen LogP contribution in [-0.4, -0.2) is 20.3 Å². The summed E-state index contributed by atoms with van der Waals surface area (Å²) in [6.07, 6.45) is 3.61. The molecule has 0 aliphatic heterocycles. The molecule has 0 saturated carbocycles. The molecule has 1 heterocycles. The first kappa shape index (κ1) is 9.06. The number of aryl methyl sites for hydroxylation is 1. The van der Waals surface area contributed by atoms with E-state index in [0.29, 0.717) is 13.0 Å². The smallest absolute Gasteiger partial charge is 0.327 e. The standard InChI is InChI=1S/C8H14N2O2/c1-3-7(11)6-10-5-4-9(2)8(10)12/h4-5,7,11H,3,6H2,1-2H3. The van der Waals surface area contributed by atoms with Gasteiger partial charge in [0.05, 0.1) is 12.6 Å². The van der Waals surface area contributed by atoms with E-state index in [2.05, 4.69) is 0 Å². The number of aromatic nitrogens is 2. The molecule has 0 amide bonds. The van der Waals surface area contributed by atoms with Gasteiger partial charge >= 0.3 is 5.69 Å². The summed E-state index contributed by atoms with van der Waals surface area (Å²) in [7, 11) is 1.69. The van der Waals surface area contributed by atoms with Crippen molar-refractivity contribution in [2.24, 2.45) is 7.05 Å². The molecule has 12 heavy (non-hydrogen) atoms. The molecule has 1 atom stereocenters. The highest BCUT2D eigenvalue weighted by Crippen LogP contribution is 1.93. The highest BCUT2D eigenvalue weighted by molar-refractivity contribution is 4.80. The molecule has 0 fully saturated rings. The Bertz CT molecular complexity index is 300. The van der Waals surface area contributed by atoms with E-state index < -0.39 is 6.10 Å². The number of hydrogen-bond donors (Lipinski definition) is 1. The SMILES string of the molecule is CCC(O)Cn1ccn(C)c1=O. The monoisotopic (exact) mass is 170 g/mol. The fourth-order valence-corrected chi connectivity index (χ4v) is 1.01. The Balaban J connectivity index is 2.76. The number of hydrogen-bond acceptors (Lipinski definition) is 2. The van der Waals surface area contributed by atoms with E-state index in [1.807, 2.05) is 6.92 Å². The van der Waals surface area contributed by atoms with Crippen molar-refractivity contribution in [3.63, 3.8) is 0 Å². The Hall–Kier alpha value is -1.03. The number of nitrogens with zero attached hydrogens (tertiary/aromatic N) is 2. The predicted molar refractivity (Wildman–Crippen MR) is 46.0 cm³/mol. The van der Waals surface area contributed by atoms with Crippen LogP contribution in [-0.2, 0) is 13.6 Å². The van der Waals surface area contributed by atoms with E-state index in [9.17, 15) is 9.90 Å². The Morgan fingerprint density at radius 1 is 1.58 bits per heavy atom. The summed E-state index contributed by atoms with van der Waals surface area (Å²) in [5.41, 5.74) is -0.0810. The summed E-state index contributed by atoms with van der Waals surface area (Å²) >= 11 is 0. The van der Waals surface area contributed by atoms with Gasteiger partial charge in [-0.15, -0.1) is 0 Å². The molecule has 68 valence electrons. The van der Waals surface area contributed by atoms with E-state index in [1.165, 1.54) is 9.13 Å². The number of aliphatic hydroxyl groups excluding tert-OH is 1. The molecule has 1 aromatic heterocycles. The van der Waals surface area contributed by atoms with E-state index in [1.54, 1.807) is 19.4 Å². The molecule has 1 rings (SSSR count). The molecule has 1 unspecified atom stereocenters. The van der Waals surface area contributed by atoms with Crippen LogP contribution in [0.15, 0.2) is 17.2 Å². The van der Waals surface area contributed by atoms with Crippen LogP contribution in [0.5, 0.6) is 0 Å². The second-order valence-corrected chi connectivity index (χ2v) is 2.91. The van der Waals surface area contributed by atoms with Crippen molar-refractivity contribution in [3.05, 3.63) is 22.9 Å². The van der Waals surface area contributed by atoms with Gasteiger partial charge in [0.2, 0.25) is 0 Å². The Kier molecular flexibility index (Phi) is 2.70. The average molecular weight is 170 g/mol. The minimum absolute atomic E-state index is 0.0810. The first-order valence-corrected chi connectivity index (χ1v) is 4.05. The summed E-state index contributed by atoms with van der Waals surface area (Å²) < 4.78 is 3.00. The minimum Gasteiger partial charge on any atom is -0.391 e. The van der Waals surface area contributed by atoms with Gasteiger partial charge in [-0.25, -0.2) is 4.79 Å². The van der Waals surface area contributed by atoms with Crippen molar-refractivity contribution in [1.29, 1.82) is 0 Å². The molecule has 0 saturated heterocycles. The summed E-state index contributed by atoms with van der Waals surface area (Å²) in [4.78, 5) is 11.2. The third-order valence-electron chi connectivity index (χ3n) is 1.90. The van der Waals surface area contributed by atoms with Gasteiger partial charge in [0.1, 0.15) is 0 Å². The third kappa shape index (κ3) is 1.76. The van der Waals surface area contributed by atoms with Gasteiger partial charge in [0.15, 0.2) is 0 Å². The topological polar surface area (TPSA) is 47.2 Å². The Labute approximate surface area is 71.1 Å².